The molecule has 1 unspecified atom stereocenters. The van der Waals surface area contributed by atoms with E-state index in [4.69, 9.17) is 4.74 Å². The summed E-state index contributed by atoms with van der Waals surface area (Å²) in [4.78, 5) is 42.4. The van der Waals surface area contributed by atoms with Crippen LogP contribution in [0.25, 0.3) is 0 Å². The molecule has 2 aromatic rings. The van der Waals surface area contributed by atoms with E-state index >= 15 is 0 Å². The lowest BCUT2D eigenvalue weighted by molar-refractivity contribution is -0.00713. The van der Waals surface area contributed by atoms with Gasteiger partial charge in [-0.25, -0.2) is 4.79 Å². The van der Waals surface area contributed by atoms with Crippen LogP contribution < -0.4 is 11.2 Å². The largest absolute Gasteiger partial charge is 0.372 e. The van der Waals surface area contributed by atoms with Crippen LogP contribution in [-0.2, 0) is 25.4 Å². The average Bonchev–Trinajstić information content (AvgIpc) is 2.68. The van der Waals surface area contributed by atoms with Gasteiger partial charge in [0.05, 0.1) is 12.7 Å². The van der Waals surface area contributed by atoms with Gasteiger partial charge < -0.3 is 9.64 Å². The standard InChI is InChI=1S/C18H22N4O4/c1-20-15(9-16(23)21(2)18(20)25)17(24)22-8-4-6-14(11-22)26-12-13-5-3-7-19-10-13/h3,5,7,9-10,14H,4,6,8,11-12H2,1-2H3. The van der Waals surface area contributed by atoms with Crippen molar-refractivity contribution in [3.8, 4) is 0 Å². The Morgan fingerprint density at radius 3 is 2.85 bits per heavy atom. The number of aromatic nitrogens is 3. The van der Waals surface area contributed by atoms with Crippen LogP contribution in [0.5, 0.6) is 0 Å². The second-order valence-electron chi connectivity index (χ2n) is 6.46. The highest BCUT2D eigenvalue weighted by Gasteiger charge is 2.27. The Morgan fingerprint density at radius 2 is 2.12 bits per heavy atom. The third kappa shape index (κ3) is 3.75. The SMILES string of the molecule is Cn1c(C(=O)N2CCCC(OCc3cccnc3)C2)cc(=O)n(C)c1=O. The Labute approximate surface area is 150 Å². The normalized spacial score (nSPS) is 17.3. The summed E-state index contributed by atoms with van der Waals surface area (Å²) in [6.07, 6.45) is 5.04. The summed E-state index contributed by atoms with van der Waals surface area (Å²) in [5, 5.41) is 0. The summed E-state index contributed by atoms with van der Waals surface area (Å²) in [6.45, 7) is 1.45. The molecule has 0 saturated carbocycles. The number of carbonyl (C=O) groups excluding carboxylic acids is 1. The van der Waals surface area contributed by atoms with Crippen molar-refractivity contribution < 1.29 is 9.53 Å². The Hall–Kier alpha value is -2.74. The predicted molar refractivity (Wildman–Crippen MR) is 94.9 cm³/mol. The number of hydrogen-bond acceptors (Lipinski definition) is 5. The first-order chi connectivity index (χ1) is 12.5. The van der Waals surface area contributed by atoms with Crippen LogP contribution in [0, 0.1) is 0 Å². The summed E-state index contributed by atoms with van der Waals surface area (Å²) in [5.41, 5.74) is 0.0796. The molecule has 1 fully saturated rings. The molecule has 138 valence electrons. The molecule has 8 heteroatoms. The van der Waals surface area contributed by atoms with Crippen molar-refractivity contribution >= 4 is 5.91 Å². The second-order valence-corrected chi connectivity index (χ2v) is 6.46. The van der Waals surface area contributed by atoms with Crippen LogP contribution in [0.4, 0.5) is 0 Å². The minimum Gasteiger partial charge on any atom is -0.372 e. The van der Waals surface area contributed by atoms with Gasteiger partial charge in [0.2, 0.25) is 0 Å². The van der Waals surface area contributed by atoms with E-state index in [1.165, 1.54) is 24.7 Å². The van der Waals surface area contributed by atoms with Crippen LogP contribution in [0.15, 0.2) is 40.2 Å². The zero-order chi connectivity index (χ0) is 18.7. The molecule has 1 amide bonds. The summed E-state index contributed by atoms with van der Waals surface area (Å²) < 4.78 is 8.10. The Balaban J connectivity index is 1.70. The molecular formula is C18H22N4O4. The lowest BCUT2D eigenvalue weighted by Gasteiger charge is -2.33. The number of rotatable bonds is 4. The third-order valence-electron chi connectivity index (χ3n) is 4.62. The van der Waals surface area contributed by atoms with Crippen molar-refractivity contribution in [1.82, 2.24) is 19.0 Å². The number of nitrogens with zero attached hydrogens (tertiary/aromatic N) is 4. The first kappa shape index (κ1) is 18.1. The molecule has 3 heterocycles. The quantitative estimate of drug-likeness (QED) is 0.785. The van der Waals surface area contributed by atoms with E-state index in [0.29, 0.717) is 19.7 Å². The molecule has 26 heavy (non-hydrogen) atoms. The van der Waals surface area contributed by atoms with Crippen LogP contribution >= 0.6 is 0 Å². The molecule has 0 N–H and O–H groups in total. The minimum absolute atomic E-state index is 0.0866. The number of pyridine rings is 1. The first-order valence-corrected chi connectivity index (χ1v) is 8.54. The van der Waals surface area contributed by atoms with Gasteiger partial charge in [-0.15, -0.1) is 0 Å². The van der Waals surface area contributed by atoms with Gasteiger partial charge in [0.1, 0.15) is 5.69 Å². The molecule has 8 nitrogen and oxygen atoms in total. The van der Waals surface area contributed by atoms with E-state index in [1.807, 2.05) is 12.1 Å². The number of amides is 1. The smallest absolute Gasteiger partial charge is 0.331 e. The monoisotopic (exact) mass is 358 g/mol. The molecule has 2 aromatic heterocycles. The van der Waals surface area contributed by atoms with Crippen molar-refractivity contribution in [1.29, 1.82) is 0 Å². The van der Waals surface area contributed by atoms with E-state index in [9.17, 15) is 14.4 Å². The van der Waals surface area contributed by atoms with E-state index in [1.54, 1.807) is 17.3 Å². The van der Waals surface area contributed by atoms with E-state index in [2.05, 4.69) is 4.98 Å². The van der Waals surface area contributed by atoms with Crippen molar-refractivity contribution in [2.75, 3.05) is 13.1 Å². The van der Waals surface area contributed by atoms with Gasteiger partial charge >= 0.3 is 5.69 Å². The lowest BCUT2D eigenvalue weighted by atomic mass is 10.1. The van der Waals surface area contributed by atoms with Crippen LogP contribution in [-0.4, -0.2) is 44.1 Å². The molecule has 1 aliphatic rings. The maximum absolute atomic E-state index is 12.8. The van der Waals surface area contributed by atoms with Crippen LogP contribution in [0.2, 0.25) is 0 Å². The molecule has 1 aliphatic heterocycles. The van der Waals surface area contributed by atoms with Gasteiger partial charge in [0.15, 0.2) is 0 Å². The zero-order valence-corrected chi connectivity index (χ0v) is 14.9. The highest BCUT2D eigenvalue weighted by molar-refractivity contribution is 5.92. The fourth-order valence-electron chi connectivity index (χ4n) is 3.06. The summed E-state index contributed by atoms with van der Waals surface area (Å²) in [5.74, 6) is -0.322. The summed E-state index contributed by atoms with van der Waals surface area (Å²) >= 11 is 0. The molecule has 1 atom stereocenters. The van der Waals surface area contributed by atoms with Crippen molar-refractivity contribution in [2.45, 2.75) is 25.6 Å². The van der Waals surface area contributed by atoms with Gasteiger partial charge in [-0.05, 0) is 24.5 Å². The number of ether oxygens (including phenoxy) is 1. The zero-order valence-electron chi connectivity index (χ0n) is 14.9. The number of carbonyl (C=O) groups is 1. The number of hydrogen-bond donors (Lipinski definition) is 0. The van der Waals surface area contributed by atoms with Crippen LogP contribution in [0.1, 0.15) is 28.9 Å². The molecule has 1 saturated heterocycles. The topological polar surface area (TPSA) is 86.4 Å². The molecule has 0 aromatic carbocycles. The second kappa shape index (κ2) is 7.65. The van der Waals surface area contributed by atoms with Gasteiger partial charge in [-0.1, -0.05) is 6.07 Å². The van der Waals surface area contributed by atoms with Crippen molar-refractivity contribution in [2.24, 2.45) is 14.1 Å². The maximum Gasteiger partial charge on any atom is 0.331 e. The summed E-state index contributed by atoms with van der Waals surface area (Å²) in [6, 6.07) is 5.00. The Kier molecular flexibility index (Phi) is 5.32. The number of piperidine rings is 1. The third-order valence-corrected chi connectivity index (χ3v) is 4.62. The molecule has 0 radical (unpaired) electrons. The van der Waals surface area contributed by atoms with Gasteiger partial charge in [0, 0.05) is 45.6 Å². The Bertz CT molecular complexity index is 904. The first-order valence-electron chi connectivity index (χ1n) is 8.54. The molecule has 0 bridgehead atoms. The average molecular weight is 358 g/mol. The van der Waals surface area contributed by atoms with E-state index in [0.717, 1.165) is 23.0 Å². The molecule has 3 rings (SSSR count). The lowest BCUT2D eigenvalue weighted by Crippen LogP contribution is -2.46. The van der Waals surface area contributed by atoms with Crippen molar-refractivity contribution in [3.63, 3.8) is 0 Å². The Morgan fingerprint density at radius 1 is 1.31 bits per heavy atom. The minimum atomic E-state index is -0.512. The fraction of sp³-hybridized carbons (Fsp3) is 0.444. The molecule has 0 spiro atoms. The highest BCUT2D eigenvalue weighted by atomic mass is 16.5. The van der Waals surface area contributed by atoms with Gasteiger partial charge in [-0.3, -0.25) is 23.7 Å². The van der Waals surface area contributed by atoms with Crippen LogP contribution in [0.3, 0.4) is 0 Å². The van der Waals surface area contributed by atoms with E-state index < -0.39 is 11.2 Å². The van der Waals surface area contributed by atoms with Crippen molar-refractivity contribution in [3.05, 3.63) is 62.7 Å². The maximum atomic E-state index is 12.8. The predicted octanol–water partition coefficient (Wildman–Crippen LogP) is 0.300. The summed E-state index contributed by atoms with van der Waals surface area (Å²) in [7, 11) is 2.89. The molecule has 0 aliphatic carbocycles. The number of likely N-dealkylation sites (tertiary alicyclic amines) is 1. The molecular weight excluding hydrogens is 336 g/mol. The highest BCUT2D eigenvalue weighted by Crippen LogP contribution is 2.16. The van der Waals surface area contributed by atoms with Gasteiger partial charge in [-0.2, -0.15) is 0 Å². The fourth-order valence-corrected chi connectivity index (χ4v) is 3.06. The van der Waals surface area contributed by atoms with E-state index in [-0.39, 0.29) is 17.7 Å². The van der Waals surface area contributed by atoms with Gasteiger partial charge in [0.25, 0.3) is 11.5 Å².